The number of carbonyl (C=O) groups excluding carboxylic acids is 1. The predicted molar refractivity (Wildman–Crippen MR) is 138 cm³/mol. The molecule has 1 aliphatic heterocycles. The second-order valence-corrected chi connectivity index (χ2v) is 10.4. The summed E-state index contributed by atoms with van der Waals surface area (Å²) in [5.74, 6) is 0.548. The number of nitrogens with one attached hydrogen (secondary N) is 2. The molecule has 1 aliphatic rings. The number of benzene rings is 1. The Hall–Kier alpha value is -4.12. The lowest BCUT2D eigenvalue weighted by Crippen LogP contribution is -2.30. The van der Waals surface area contributed by atoms with Gasteiger partial charge in [-0.05, 0) is 36.7 Å². The number of hydrogen-bond acceptors (Lipinski definition) is 9. The summed E-state index contributed by atoms with van der Waals surface area (Å²) in [6.45, 7) is 7.49. The van der Waals surface area contributed by atoms with Crippen molar-refractivity contribution in [3.05, 3.63) is 65.8 Å². The topological polar surface area (TPSA) is 127 Å². The number of aromatic nitrogens is 6. The maximum absolute atomic E-state index is 13.0. The van der Waals surface area contributed by atoms with Crippen molar-refractivity contribution in [2.75, 3.05) is 18.9 Å². The van der Waals surface area contributed by atoms with Crippen molar-refractivity contribution in [1.82, 2.24) is 40.2 Å². The summed E-state index contributed by atoms with van der Waals surface area (Å²) in [7, 11) is 3.94. The quantitative estimate of drug-likeness (QED) is 0.421. The van der Waals surface area contributed by atoms with Gasteiger partial charge in [-0.25, -0.2) is 9.97 Å². The van der Waals surface area contributed by atoms with Crippen LogP contribution < -0.4 is 10.6 Å². The molecule has 1 atom stereocenters. The number of amides is 1. The van der Waals surface area contributed by atoms with Crippen LogP contribution in [0.25, 0.3) is 11.3 Å². The van der Waals surface area contributed by atoms with E-state index in [1.54, 1.807) is 17.1 Å². The first-order valence-electron chi connectivity index (χ1n) is 12.2. The number of rotatable bonds is 5. The Labute approximate surface area is 215 Å². The van der Waals surface area contributed by atoms with Gasteiger partial charge in [-0.2, -0.15) is 5.10 Å². The standard InChI is InChI=1S/C26H31N9O2/c1-26(2,3)24-33-32-23(37-24)22(36)30-21-9-11-34(4)14-17-12-16(6-7-19(17)21)20-8-10-27-25(31-20)29-18-13-28-35(5)15-18/h6-8,10,12-13,15,21H,9,11,14H2,1-5H3,(H,30,36)(H,27,29,31)/t21-/m0/s1. The van der Waals surface area contributed by atoms with Gasteiger partial charge in [-0.3, -0.25) is 9.48 Å². The molecule has 0 saturated carbocycles. The van der Waals surface area contributed by atoms with Gasteiger partial charge in [0.15, 0.2) is 0 Å². The molecule has 0 unspecified atom stereocenters. The summed E-state index contributed by atoms with van der Waals surface area (Å²) in [5, 5.41) is 18.5. The minimum Gasteiger partial charge on any atom is -0.416 e. The van der Waals surface area contributed by atoms with Crippen molar-refractivity contribution in [2.45, 2.75) is 45.2 Å². The first-order valence-corrected chi connectivity index (χ1v) is 12.2. The lowest BCUT2D eigenvalue weighted by atomic mass is 9.96. The molecular formula is C26H31N9O2. The maximum atomic E-state index is 13.0. The molecule has 0 aliphatic carbocycles. The van der Waals surface area contributed by atoms with Crippen molar-refractivity contribution in [3.63, 3.8) is 0 Å². The maximum Gasteiger partial charge on any atom is 0.309 e. The molecule has 4 aromatic rings. The van der Waals surface area contributed by atoms with Crippen LogP contribution in [0.5, 0.6) is 0 Å². The fraction of sp³-hybridized carbons (Fsp3) is 0.385. The molecule has 4 heterocycles. The number of hydrogen-bond donors (Lipinski definition) is 2. The second-order valence-electron chi connectivity index (χ2n) is 10.4. The molecule has 0 radical (unpaired) electrons. The zero-order valence-corrected chi connectivity index (χ0v) is 21.7. The van der Waals surface area contributed by atoms with Crippen LogP contribution in [0, 0.1) is 0 Å². The predicted octanol–water partition coefficient (Wildman–Crippen LogP) is 3.61. The highest BCUT2D eigenvalue weighted by Gasteiger charge is 2.28. The number of aryl methyl sites for hydroxylation is 1. The summed E-state index contributed by atoms with van der Waals surface area (Å²) >= 11 is 0. The first kappa shape index (κ1) is 24.6. The monoisotopic (exact) mass is 501 g/mol. The molecule has 11 nitrogen and oxygen atoms in total. The molecule has 1 aromatic carbocycles. The highest BCUT2D eigenvalue weighted by molar-refractivity contribution is 5.89. The van der Waals surface area contributed by atoms with Gasteiger partial charge in [0.05, 0.1) is 23.6 Å². The Bertz CT molecular complexity index is 1420. The van der Waals surface area contributed by atoms with E-state index in [4.69, 9.17) is 9.40 Å². The number of anilines is 2. The van der Waals surface area contributed by atoms with E-state index in [9.17, 15) is 4.79 Å². The van der Waals surface area contributed by atoms with Crippen LogP contribution in [-0.2, 0) is 19.0 Å². The molecule has 0 bridgehead atoms. The van der Waals surface area contributed by atoms with Crippen LogP contribution in [0.3, 0.4) is 0 Å². The van der Waals surface area contributed by atoms with Gasteiger partial charge >= 0.3 is 11.8 Å². The van der Waals surface area contributed by atoms with Crippen LogP contribution in [0.2, 0.25) is 0 Å². The van der Waals surface area contributed by atoms with E-state index >= 15 is 0 Å². The van der Waals surface area contributed by atoms with Gasteiger partial charge in [-0.1, -0.05) is 32.9 Å². The first-order chi connectivity index (χ1) is 17.7. The lowest BCUT2D eigenvalue weighted by molar-refractivity contribution is 0.0895. The summed E-state index contributed by atoms with van der Waals surface area (Å²) in [6, 6.07) is 7.94. The summed E-state index contributed by atoms with van der Waals surface area (Å²) in [4.78, 5) is 24.3. The third-order valence-corrected chi connectivity index (χ3v) is 6.24. The van der Waals surface area contributed by atoms with E-state index in [0.29, 0.717) is 11.8 Å². The Morgan fingerprint density at radius 1 is 1.16 bits per heavy atom. The second kappa shape index (κ2) is 9.74. The molecule has 11 heteroatoms. The number of nitrogens with zero attached hydrogens (tertiary/aromatic N) is 7. The highest BCUT2D eigenvalue weighted by atomic mass is 16.4. The van der Waals surface area contributed by atoms with Crippen LogP contribution in [0.4, 0.5) is 11.6 Å². The molecule has 2 N–H and O–H groups in total. The number of fused-ring (bicyclic) bond motifs is 1. The largest absolute Gasteiger partial charge is 0.416 e. The Morgan fingerprint density at radius 2 is 2.00 bits per heavy atom. The third-order valence-electron chi connectivity index (χ3n) is 6.24. The van der Waals surface area contributed by atoms with Crippen LogP contribution >= 0.6 is 0 Å². The van der Waals surface area contributed by atoms with Gasteiger partial charge in [-0.15, -0.1) is 10.2 Å². The van der Waals surface area contributed by atoms with Crippen LogP contribution in [-0.4, -0.2) is 54.3 Å². The Balaban J connectivity index is 1.39. The van der Waals surface area contributed by atoms with E-state index in [1.165, 1.54) is 0 Å². The van der Waals surface area contributed by atoms with E-state index < -0.39 is 0 Å². The Kier molecular flexibility index (Phi) is 6.46. The van der Waals surface area contributed by atoms with E-state index in [1.807, 2.05) is 46.1 Å². The van der Waals surface area contributed by atoms with Crippen molar-refractivity contribution in [2.24, 2.45) is 7.05 Å². The summed E-state index contributed by atoms with van der Waals surface area (Å²) in [6.07, 6.45) is 6.08. The van der Waals surface area contributed by atoms with E-state index in [-0.39, 0.29) is 23.3 Å². The molecule has 0 fully saturated rings. The van der Waals surface area contributed by atoms with Crippen molar-refractivity contribution >= 4 is 17.5 Å². The van der Waals surface area contributed by atoms with E-state index in [0.717, 1.165) is 47.6 Å². The SMILES string of the molecule is CN1CC[C@H](NC(=O)c2nnc(C(C)(C)C)o2)c2ccc(-c3ccnc(Nc4cnn(C)c4)n3)cc2C1. The molecule has 5 rings (SSSR count). The van der Waals surface area contributed by atoms with Crippen LogP contribution in [0.1, 0.15) is 60.9 Å². The van der Waals surface area contributed by atoms with Crippen molar-refractivity contribution in [3.8, 4) is 11.3 Å². The molecule has 0 spiro atoms. The Morgan fingerprint density at radius 3 is 2.73 bits per heavy atom. The lowest BCUT2D eigenvalue weighted by Gasteiger charge is -2.19. The third kappa shape index (κ3) is 5.51. The average Bonchev–Trinajstić information content (AvgIpc) is 3.48. The zero-order chi connectivity index (χ0) is 26.2. The smallest absolute Gasteiger partial charge is 0.309 e. The fourth-order valence-corrected chi connectivity index (χ4v) is 4.30. The molecule has 1 amide bonds. The number of carbonyl (C=O) groups is 1. The van der Waals surface area contributed by atoms with Gasteiger partial charge in [0.2, 0.25) is 11.8 Å². The van der Waals surface area contributed by atoms with Gasteiger partial charge in [0.25, 0.3) is 0 Å². The molecule has 3 aromatic heterocycles. The average molecular weight is 502 g/mol. The zero-order valence-electron chi connectivity index (χ0n) is 21.7. The van der Waals surface area contributed by atoms with Gasteiger partial charge < -0.3 is 20.0 Å². The molecule has 192 valence electrons. The normalized spacial score (nSPS) is 16.2. The summed E-state index contributed by atoms with van der Waals surface area (Å²) < 4.78 is 7.37. The molecule has 37 heavy (non-hydrogen) atoms. The van der Waals surface area contributed by atoms with Crippen molar-refractivity contribution < 1.29 is 9.21 Å². The van der Waals surface area contributed by atoms with Gasteiger partial charge in [0.1, 0.15) is 0 Å². The van der Waals surface area contributed by atoms with E-state index in [2.05, 4.69) is 55.0 Å². The molecule has 0 saturated heterocycles. The molecular weight excluding hydrogens is 470 g/mol. The minimum absolute atomic E-state index is 0.0182. The fourth-order valence-electron chi connectivity index (χ4n) is 4.30. The summed E-state index contributed by atoms with van der Waals surface area (Å²) in [5.41, 5.74) is 4.47. The minimum atomic E-state index is -0.366. The highest BCUT2D eigenvalue weighted by Crippen LogP contribution is 2.31. The van der Waals surface area contributed by atoms with Crippen LogP contribution in [0.15, 0.2) is 47.3 Å². The van der Waals surface area contributed by atoms with Crippen molar-refractivity contribution in [1.29, 1.82) is 0 Å². The van der Waals surface area contributed by atoms with Gasteiger partial charge in [0, 0.05) is 43.5 Å².